The van der Waals surface area contributed by atoms with Gasteiger partial charge in [-0.05, 0) is 39.3 Å². The third-order valence-electron chi connectivity index (χ3n) is 4.08. The summed E-state index contributed by atoms with van der Waals surface area (Å²) in [7, 11) is 0. The number of ether oxygens (including phenoxy) is 1. The van der Waals surface area contributed by atoms with Crippen LogP contribution in [0.3, 0.4) is 0 Å². The highest BCUT2D eigenvalue weighted by Crippen LogP contribution is 2.26. The van der Waals surface area contributed by atoms with Crippen LogP contribution in [0.4, 0.5) is 14.5 Å². The summed E-state index contributed by atoms with van der Waals surface area (Å²) in [6, 6.07) is 3.90. The number of hydrogen-bond acceptors (Lipinski definition) is 4. The molecule has 8 heteroatoms. The summed E-state index contributed by atoms with van der Waals surface area (Å²) in [5, 5.41) is 6.39. The number of para-hydroxylation sites is 1. The molecule has 1 saturated heterocycles. The Bertz CT molecular complexity index is 647. The highest BCUT2D eigenvalue weighted by Gasteiger charge is 2.27. The van der Waals surface area contributed by atoms with Crippen LogP contribution in [0.25, 0.3) is 0 Å². The predicted octanol–water partition coefficient (Wildman–Crippen LogP) is 2.44. The van der Waals surface area contributed by atoms with E-state index in [0.29, 0.717) is 32.1 Å². The van der Waals surface area contributed by atoms with Gasteiger partial charge in [-0.2, -0.15) is 0 Å². The molecule has 1 aliphatic heterocycles. The van der Waals surface area contributed by atoms with E-state index in [1.54, 1.807) is 18.7 Å². The van der Waals surface area contributed by atoms with E-state index in [1.165, 1.54) is 18.2 Å². The Morgan fingerprint density at radius 1 is 1.37 bits per heavy atom. The molecule has 150 valence electrons. The lowest BCUT2D eigenvalue weighted by Gasteiger charge is -2.21. The molecule has 2 rings (SSSR count). The average molecular weight is 382 g/mol. The fourth-order valence-electron chi connectivity index (χ4n) is 2.97. The number of guanidine groups is 1. The van der Waals surface area contributed by atoms with Crippen molar-refractivity contribution in [2.45, 2.75) is 45.8 Å². The molecule has 2 N–H and O–H groups in total. The summed E-state index contributed by atoms with van der Waals surface area (Å²) in [5.74, 6) is -0.817. The molecule has 1 fully saturated rings. The summed E-state index contributed by atoms with van der Waals surface area (Å²) in [6.07, 6.45) is 0.788. The van der Waals surface area contributed by atoms with Crippen LogP contribution in [0.15, 0.2) is 23.2 Å². The third-order valence-corrected chi connectivity index (χ3v) is 4.08. The van der Waals surface area contributed by atoms with Crippen LogP contribution in [0.5, 0.6) is 0 Å². The van der Waals surface area contributed by atoms with Gasteiger partial charge >= 0.3 is 5.97 Å². The number of aliphatic imine (C=N–C) groups is 1. The molecule has 27 heavy (non-hydrogen) atoms. The molecule has 1 heterocycles. The number of benzene rings is 1. The number of halogens is 2. The number of nitrogens with one attached hydrogen (secondary N) is 2. The molecule has 1 aliphatic rings. The summed E-state index contributed by atoms with van der Waals surface area (Å²) >= 11 is 0. The van der Waals surface area contributed by atoms with Crippen molar-refractivity contribution in [3.63, 3.8) is 0 Å². The lowest BCUT2D eigenvalue weighted by Crippen LogP contribution is -2.44. The second kappa shape index (κ2) is 10.1. The second-order valence-electron chi connectivity index (χ2n) is 6.70. The first-order chi connectivity index (χ1) is 12.9. The van der Waals surface area contributed by atoms with Crippen molar-refractivity contribution in [1.82, 2.24) is 10.6 Å². The predicted molar refractivity (Wildman–Crippen MR) is 102 cm³/mol. The molecule has 0 saturated carbocycles. The molecule has 0 amide bonds. The summed E-state index contributed by atoms with van der Waals surface area (Å²) in [4.78, 5) is 17.7. The number of esters is 1. The lowest BCUT2D eigenvalue weighted by atomic mass is 10.2. The van der Waals surface area contributed by atoms with Crippen molar-refractivity contribution < 1.29 is 18.3 Å². The van der Waals surface area contributed by atoms with Crippen LogP contribution < -0.4 is 15.5 Å². The molecule has 1 aromatic rings. The Morgan fingerprint density at radius 3 is 2.70 bits per heavy atom. The fraction of sp³-hybridized carbons (Fsp3) is 0.579. The third kappa shape index (κ3) is 6.37. The first-order valence-corrected chi connectivity index (χ1v) is 9.34. The minimum atomic E-state index is -0.556. The Labute approximate surface area is 159 Å². The summed E-state index contributed by atoms with van der Waals surface area (Å²) in [6.45, 7) is 7.54. The van der Waals surface area contributed by atoms with E-state index in [-0.39, 0.29) is 30.2 Å². The van der Waals surface area contributed by atoms with Crippen LogP contribution in [-0.4, -0.2) is 50.3 Å². The van der Waals surface area contributed by atoms with Crippen LogP contribution in [-0.2, 0) is 9.53 Å². The maximum absolute atomic E-state index is 14.0. The average Bonchev–Trinajstić information content (AvgIpc) is 3.02. The van der Waals surface area contributed by atoms with Crippen molar-refractivity contribution in [1.29, 1.82) is 0 Å². The van der Waals surface area contributed by atoms with Gasteiger partial charge in [-0.15, -0.1) is 0 Å². The fourth-order valence-corrected chi connectivity index (χ4v) is 2.97. The standard InChI is InChI=1S/C19H28F2N4O2/c1-4-22-19(23-10-8-17(26)27-13(2)3)24-14-9-11-25(12-14)18-15(20)6-5-7-16(18)21/h5-7,13-14H,4,8-12H2,1-3H3,(H2,22,23,24). The van der Waals surface area contributed by atoms with Crippen molar-refractivity contribution in [3.8, 4) is 0 Å². The first-order valence-electron chi connectivity index (χ1n) is 9.34. The zero-order valence-electron chi connectivity index (χ0n) is 16.1. The second-order valence-corrected chi connectivity index (χ2v) is 6.70. The molecule has 0 bridgehead atoms. The summed E-state index contributed by atoms with van der Waals surface area (Å²) < 4.78 is 33.0. The van der Waals surface area contributed by atoms with Crippen molar-refractivity contribution >= 4 is 17.6 Å². The van der Waals surface area contributed by atoms with Gasteiger partial charge in [0.15, 0.2) is 5.96 Å². The van der Waals surface area contributed by atoms with Gasteiger partial charge in [0, 0.05) is 25.7 Å². The van der Waals surface area contributed by atoms with Gasteiger partial charge in [-0.1, -0.05) is 6.07 Å². The summed E-state index contributed by atoms with van der Waals surface area (Å²) in [5.41, 5.74) is 0.0140. The van der Waals surface area contributed by atoms with E-state index in [9.17, 15) is 13.6 Å². The van der Waals surface area contributed by atoms with E-state index < -0.39 is 11.6 Å². The molecule has 0 spiro atoms. The normalized spacial score (nSPS) is 17.3. The van der Waals surface area contributed by atoms with Gasteiger partial charge in [-0.3, -0.25) is 9.79 Å². The quantitative estimate of drug-likeness (QED) is 0.431. The van der Waals surface area contributed by atoms with Gasteiger partial charge in [-0.25, -0.2) is 8.78 Å². The highest BCUT2D eigenvalue weighted by atomic mass is 19.1. The van der Waals surface area contributed by atoms with Crippen molar-refractivity contribution in [2.75, 3.05) is 31.1 Å². The van der Waals surface area contributed by atoms with Gasteiger partial charge in [0.2, 0.25) is 0 Å². The van der Waals surface area contributed by atoms with Crippen molar-refractivity contribution in [2.24, 2.45) is 4.99 Å². The largest absolute Gasteiger partial charge is 0.463 e. The molecule has 1 atom stereocenters. The molecule has 0 aromatic heterocycles. The van der Waals surface area contributed by atoms with E-state index in [2.05, 4.69) is 15.6 Å². The number of carbonyl (C=O) groups is 1. The van der Waals surface area contributed by atoms with Gasteiger partial charge in [0.1, 0.15) is 17.3 Å². The minimum Gasteiger partial charge on any atom is -0.463 e. The Hall–Kier alpha value is -2.38. The topological polar surface area (TPSA) is 66.0 Å². The zero-order chi connectivity index (χ0) is 19.8. The monoisotopic (exact) mass is 382 g/mol. The van der Waals surface area contributed by atoms with E-state index in [0.717, 1.165) is 6.42 Å². The molecule has 6 nitrogen and oxygen atoms in total. The molecular weight excluding hydrogens is 354 g/mol. The Kier molecular flexibility index (Phi) is 7.82. The van der Waals surface area contributed by atoms with E-state index in [1.807, 2.05) is 6.92 Å². The van der Waals surface area contributed by atoms with Crippen molar-refractivity contribution in [3.05, 3.63) is 29.8 Å². The molecule has 0 radical (unpaired) electrons. The van der Waals surface area contributed by atoms with Gasteiger partial charge in [0.25, 0.3) is 0 Å². The molecule has 0 aliphatic carbocycles. The Balaban J connectivity index is 1.91. The maximum atomic E-state index is 14.0. The van der Waals surface area contributed by atoms with Gasteiger partial charge < -0.3 is 20.3 Å². The molecule has 1 unspecified atom stereocenters. The molecule has 1 aromatic carbocycles. The van der Waals surface area contributed by atoms with Crippen LogP contribution in [0.2, 0.25) is 0 Å². The lowest BCUT2D eigenvalue weighted by molar-refractivity contribution is -0.147. The number of anilines is 1. The zero-order valence-corrected chi connectivity index (χ0v) is 16.1. The van der Waals surface area contributed by atoms with Gasteiger partial charge in [0.05, 0.1) is 19.1 Å². The Morgan fingerprint density at radius 2 is 2.07 bits per heavy atom. The highest BCUT2D eigenvalue weighted by molar-refractivity contribution is 5.80. The number of carbonyl (C=O) groups excluding carboxylic acids is 1. The van der Waals surface area contributed by atoms with E-state index >= 15 is 0 Å². The minimum absolute atomic E-state index is 0.00409. The SMILES string of the molecule is CCNC(=NCCC(=O)OC(C)C)NC1CCN(c2c(F)cccc2F)C1. The van der Waals surface area contributed by atoms with Crippen LogP contribution in [0.1, 0.15) is 33.6 Å². The first kappa shape index (κ1) is 20.9. The number of hydrogen-bond donors (Lipinski definition) is 2. The smallest absolute Gasteiger partial charge is 0.307 e. The number of nitrogens with zero attached hydrogens (tertiary/aromatic N) is 2. The van der Waals surface area contributed by atoms with Crippen LogP contribution in [0, 0.1) is 11.6 Å². The molecular formula is C19H28F2N4O2. The van der Waals surface area contributed by atoms with E-state index in [4.69, 9.17) is 4.74 Å². The van der Waals surface area contributed by atoms with Crippen LogP contribution >= 0.6 is 0 Å². The maximum Gasteiger partial charge on any atom is 0.307 e. The number of rotatable bonds is 7.